The maximum atomic E-state index is 13.9. The van der Waals surface area contributed by atoms with Crippen LogP contribution in [0, 0.1) is 11.3 Å². The summed E-state index contributed by atoms with van der Waals surface area (Å²) >= 11 is 0. The highest BCUT2D eigenvalue weighted by molar-refractivity contribution is 6.45. The molecular weight excluding hydrogens is 1160 g/mol. The lowest BCUT2D eigenvalue weighted by molar-refractivity contribution is -0.126. The fraction of sp³-hybridized carbons (Fsp3) is 0.613. The van der Waals surface area contributed by atoms with E-state index in [9.17, 15) is 29.5 Å². The summed E-state index contributed by atoms with van der Waals surface area (Å²) in [5.74, 6) is -1.21. The second-order valence-corrected chi connectivity index (χ2v) is 22.0. The molecule has 490 valence electrons. The number of hydrogen-bond acceptors (Lipinski definition) is 23. The number of benzene rings is 1. The van der Waals surface area contributed by atoms with Gasteiger partial charge in [0.25, 0.3) is 17.6 Å². The van der Waals surface area contributed by atoms with Crippen LogP contribution in [-0.2, 0) is 60.6 Å². The summed E-state index contributed by atoms with van der Waals surface area (Å²) in [6.45, 7) is 17.5. The Labute approximate surface area is 524 Å². The predicted molar refractivity (Wildman–Crippen MR) is 328 cm³/mol. The molecule has 90 heavy (non-hydrogen) atoms. The number of Topliss-reactive ketones (excluding diaryl/α,β-unsaturated/α-hetero) is 2. The molecule has 2 aliphatic heterocycles. The highest BCUT2D eigenvalue weighted by Gasteiger charge is 2.36. The summed E-state index contributed by atoms with van der Waals surface area (Å²) in [6.07, 6.45) is 9.93. The minimum Gasteiger partial charge on any atom is -0.494 e. The zero-order chi connectivity index (χ0) is 63.1. The van der Waals surface area contributed by atoms with Crippen molar-refractivity contribution in [3.05, 3.63) is 83.5 Å². The van der Waals surface area contributed by atoms with Crippen LogP contribution in [0.4, 0.5) is 0 Å². The second-order valence-electron chi connectivity index (χ2n) is 22.0. The first-order valence-corrected chi connectivity index (χ1v) is 31.2. The molecule has 28 nitrogen and oxygen atoms in total. The number of H-pyrrole nitrogens is 1. The van der Waals surface area contributed by atoms with E-state index in [-0.39, 0.29) is 47.4 Å². The van der Waals surface area contributed by atoms with Crippen LogP contribution in [0.15, 0.2) is 60.8 Å². The summed E-state index contributed by atoms with van der Waals surface area (Å²) in [6, 6.07) is 11.9. The molecule has 0 bridgehead atoms. The SMILES string of the molecule is COc1cnc(-n2cnc(C(=O)NC3CC(N(CCO)CCCN4CCN(CCOCCOCCOCCOCc5cn(CCOCCOCCOCCOCCC(C)=O)nn5)CC4)C3)n2)c2[nH]cc(C(=O)C(=O)N3CCC(=C(C#N)c4ccccc4)CC3)c12. The number of rotatable bonds is 43. The number of pyridine rings is 1. The number of carbonyl (C=O) groups is 4. The first-order valence-electron chi connectivity index (χ1n) is 31.2. The Balaban J connectivity index is 0.619. The molecular formula is C62H88N14O14. The van der Waals surface area contributed by atoms with Crippen molar-refractivity contribution in [2.45, 2.75) is 70.7 Å². The van der Waals surface area contributed by atoms with E-state index in [4.69, 9.17) is 42.6 Å². The van der Waals surface area contributed by atoms with Gasteiger partial charge in [-0.2, -0.15) is 9.94 Å². The number of aliphatic hydroxyl groups excluding tert-OH is 1. The molecule has 5 aromatic rings. The highest BCUT2D eigenvalue weighted by atomic mass is 16.6. The maximum Gasteiger partial charge on any atom is 0.295 e. The van der Waals surface area contributed by atoms with Gasteiger partial charge in [-0.1, -0.05) is 35.5 Å². The molecule has 3 fully saturated rings. The van der Waals surface area contributed by atoms with Crippen LogP contribution in [0.2, 0.25) is 0 Å². The fourth-order valence-corrected chi connectivity index (χ4v) is 10.8. The monoisotopic (exact) mass is 1250 g/mol. The largest absolute Gasteiger partial charge is 0.494 e. The number of ether oxygens (including phenoxy) is 9. The van der Waals surface area contributed by atoms with Crippen LogP contribution >= 0.6 is 0 Å². The molecule has 1 aromatic carbocycles. The van der Waals surface area contributed by atoms with Crippen molar-refractivity contribution in [1.82, 2.24) is 64.6 Å². The smallest absolute Gasteiger partial charge is 0.295 e. The van der Waals surface area contributed by atoms with E-state index in [0.717, 1.165) is 81.9 Å². The lowest BCUT2D eigenvalue weighted by Gasteiger charge is -2.43. The van der Waals surface area contributed by atoms with Crippen molar-refractivity contribution in [1.29, 1.82) is 5.26 Å². The van der Waals surface area contributed by atoms with E-state index in [1.165, 1.54) is 35.4 Å². The zero-order valence-electron chi connectivity index (χ0n) is 52.0. The van der Waals surface area contributed by atoms with E-state index in [1.807, 2.05) is 36.5 Å². The predicted octanol–water partition coefficient (Wildman–Crippen LogP) is 2.40. The quantitative estimate of drug-likeness (QED) is 0.0218. The standard InChI is InChI=1S/C62H88N14O14/c1-47(78)11-24-83-27-30-86-33-34-88-32-29-85-26-22-75-44-51(68-70-75)45-90-38-37-89-36-35-87-31-28-84-25-21-72-18-16-71(17-19-72)12-6-13-73(20-23-77)52-39-50(40-52)67-61(80)59-66-46-76(69-59)60-57-56(55(82-2)43-65-60)54(42-64-57)58(79)62(81)74-14-9-49(10-15-74)53(41-63)48-7-4-3-5-8-48/h3-5,7-8,42-44,46,50,52,64,77H,6,9-40,45H2,1-2H3,(H,67,80). The van der Waals surface area contributed by atoms with Crippen molar-refractivity contribution in [3.63, 3.8) is 0 Å². The number of piperidine rings is 1. The molecule has 3 aliphatic rings. The molecule has 0 atom stereocenters. The molecule has 1 saturated carbocycles. The summed E-state index contributed by atoms with van der Waals surface area (Å²) in [5.41, 5.74) is 3.60. The third-order valence-electron chi connectivity index (χ3n) is 15.8. The third-order valence-corrected chi connectivity index (χ3v) is 15.8. The van der Waals surface area contributed by atoms with Gasteiger partial charge in [0.2, 0.25) is 5.82 Å². The molecule has 0 unspecified atom stereocenters. The van der Waals surface area contributed by atoms with Crippen molar-refractivity contribution in [2.24, 2.45) is 0 Å². The van der Waals surface area contributed by atoms with Crippen molar-refractivity contribution in [3.8, 4) is 17.6 Å². The Bertz CT molecular complexity index is 3050. The Morgan fingerprint density at radius 3 is 1.99 bits per heavy atom. The molecule has 0 spiro atoms. The summed E-state index contributed by atoms with van der Waals surface area (Å²) < 4.78 is 53.4. The Kier molecular flexibility index (Phi) is 29.1. The van der Waals surface area contributed by atoms with Gasteiger partial charge < -0.3 is 67.8 Å². The Hall–Kier alpha value is -6.98. The Morgan fingerprint density at radius 1 is 0.756 bits per heavy atom. The van der Waals surface area contributed by atoms with Gasteiger partial charge in [-0.25, -0.2) is 14.6 Å². The molecule has 2 saturated heterocycles. The number of piperazine rings is 1. The van der Waals surface area contributed by atoms with Gasteiger partial charge in [0.15, 0.2) is 5.82 Å². The number of fused-ring (bicyclic) bond motifs is 1. The molecule has 8 rings (SSSR count). The minimum absolute atomic E-state index is 0.0483. The number of allylic oxidation sites excluding steroid dienone is 1. The number of nitrogens with zero attached hydrogens (tertiary/aromatic N) is 12. The number of nitrogens with one attached hydrogen (secondary N) is 2. The molecule has 1 aliphatic carbocycles. The van der Waals surface area contributed by atoms with Crippen molar-refractivity contribution >= 4 is 39.9 Å². The number of aromatic nitrogens is 8. The highest BCUT2D eigenvalue weighted by Crippen LogP contribution is 2.33. The van der Waals surface area contributed by atoms with Gasteiger partial charge in [0, 0.05) is 77.1 Å². The zero-order valence-corrected chi connectivity index (χ0v) is 52.0. The number of ketones is 2. The van der Waals surface area contributed by atoms with Crippen LogP contribution in [-0.4, -0.2) is 278 Å². The number of aromatic amines is 1. The number of amides is 2. The van der Waals surface area contributed by atoms with Crippen molar-refractivity contribution < 1.29 is 66.9 Å². The summed E-state index contributed by atoms with van der Waals surface area (Å²) in [7, 11) is 1.45. The van der Waals surface area contributed by atoms with E-state index in [2.05, 4.69) is 56.4 Å². The normalized spacial score (nSPS) is 16.4. The first kappa shape index (κ1) is 68.9. The average molecular weight is 1250 g/mol. The number of carbonyl (C=O) groups excluding carboxylic acids is 4. The number of nitriles is 1. The summed E-state index contributed by atoms with van der Waals surface area (Å²) in [4.78, 5) is 72.5. The van der Waals surface area contributed by atoms with Gasteiger partial charge in [-0.05, 0) is 63.3 Å². The number of likely N-dealkylation sites (tertiary alicyclic amines) is 1. The molecule has 0 radical (unpaired) electrons. The van der Waals surface area contributed by atoms with Crippen molar-refractivity contribution in [2.75, 3.05) is 178 Å². The van der Waals surface area contributed by atoms with Gasteiger partial charge >= 0.3 is 0 Å². The van der Waals surface area contributed by atoms with E-state index in [0.29, 0.717) is 168 Å². The number of methoxy groups -OCH3 is 1. The second kappa shape index (κ2) is 38.0. The van der Waals surface area contributed by atoms with Gasteiger partial charge in [-0.15, -0.1) is 10.2 Å². The van der Waals surface area contributed by atoms with Crippen LogP contribution < -0.4 is 10.1 Å². The van der Waals surface area contributed by atoms with Crippen LogP contribution in [0.25, 0.3) is 22.3 Å². The van der Waals surface area contributed by atoms with E-state index in [1.54, 1.807) is 11.6 Å². The summed E-state index contributed by atoms with van der Waals surface area (Å²) in [5, 5.41) is 36.0. The average Bonchev–Trinajstić information content (AvgIpc) is 1.62. The van der Waals surface area contributed by atoms with E-state index < -0.39 is 17.6 Å². The van der Waals surface area contributed by atoms with Crippen LogP contribution in [0.5, 0.6) is 5.75 Å². The van der Waals surface area contributed by atoms with Gasteiger partial charge in [0.05, 0.1) is 166 Å². The first-order chi connectivity index (χ1) is 44.1. The van der Waals surface area contributed by atoms with E-state index >= 15 is 0 Å². The Morgan fingerprint density at radius 2 is 1.37 bits per heavy atom. The van der Waals surface area contributed by atoms with Gasteiger partial charge in [0.1, 0.15) is 23.6 Å². The third kappa shape index (κ3) is 21.6. The topological polar surface area (TPSA) is 310 Å². The van der Waals surface area contributed by atoms with Crippen LogP contribution in [0.1, 0.15) is 77.7 Å². The molecule has 3 N–H and O–H groups in total. The van der Waals surface area contributed by atoms with Gasteiger partial charge in [-0.3, -0.25) is 29.0 Å². The number of aliphatic hydroxyl groups is 1. The fourth-order valence-electron chi connectivity index (χ4n) is 10.8. The minimum atomic E-state index is -0.715. The van der Waals surface area contributed by atoms with Crippen LogP contribution in [0.3, 0.4) is 0 Å². The molecule has 2 amide bonds. The maximum absolute atomic E-state index is 13.9. The lowest BCUT2D eigenvalue weighted by atomic mass is 9.85. The number of hydrogen-bond donors (Lipinski definition) is 3. The molecule has 6 heterocycles. The molecule has 28 heteroatoms. The lowest BCUT2D eigenvalue weighted by Crippen LogP contribution is -2.55. The molecule has 4 aromatic heterocycles.